The van der Waals surface area contributed by atoms with E-state index in [2.05, 4.69) is 15.9 Å². The number of β-amino-alcohol motifs (C(OH)–C–C–N with tert-alkyl or cyclic N) is 1. The largest absolute Gasteiger partial charge is 0.390 e. The first kappa shape index (κ1) is 15.4. The van der Waals surface area contributed by atoms with Gasteiger partial charge in [0.15, 0.2) is 0 Å². The first-order valence-corrected chi connectivity index (χ1v) is 7.69. The number of morpholine rings is 1. The summed E-state index contributed by atoms with van der Waals surface area (Å²) in [6.45, 7) is 5.42. The van der Waals surface area contributed by atoms with Gasteiger partial charge in [-0.3, -0.25) is 9.80 Å². The molecule has 1 aromatic heterocycles. The van der Waals surface area contributed by atoms with Gasteiger partial charge in [-0.05, 0) is 13.1 Å². The molecule has 1 N–H and O–H groups in total. The molecule has 1 aliphatic heterocycles. The fourth-order valence-corrected chi connectivity index (χ4v) is 3.24. The molecule has 1 aliphatic rings. The number of rotatable bonds is 6. The summed E-state index contributed by atoms with van der Waals surface area (Å²) in [5.74, 6) is 0. The van der Waals surface area contributed by atoms with Crippen molar-refractivity contribution in [3.63, 3.8) is 0 Å². The van der Waals surface area contributed by atoms with E-state index in [1.54, 1.807) is 11.3 Å². The number of aliphatic hydroxyl groups excluding tert-OH is 1. The molecule has 5 nitrogen and oxygen atoms in total. The Kier molecular flexibility index (Phi) is 5.95. The zero-order valence-electron chi connectivity index (χ0n) is 11.8. The summed E-state index contributed by atoms with van der Waals surface area (Å²) >= 11 is 1.59. The lowest BCUT2D eigenvalue weighted by atomic mass is 10.2. The Bertz CT molecular complexity index is 452. The highest BCUT2D eigenvalue weighted by Crippen LogP contribution is 2.15. The fraction of sp³-hybridized carbons (Fsp3) is 0.643. The second-order valence-electron chi connectivity index (χ2n) is 5.18. The molecule has 0 amide bonds. The Morgan fingerprint density at radius 3 is 2.95 bits per heavy atom. The molecule has 6 heteroatoms. The second kappa shape index (κ2) is 7.72. The van der Waals surface area contributed by atoms with Crippen molar-refractivity contribution in [1.82, 2.24) is 9.80 Å². The van der Waals surface area contributed by atoms with Gasteiger partial charge in [0, 0.05) is 43.0 Å². The van der Waals surface area contributed by atoms with Crippen LogP contribution in [-0.4, -0.2) is 67.5 Å². The van der Waals surface area contributed by atoms with Gasteiger partial charge in [0.25, 0.3) is 0 Å². The normalized spacial score (nSPS) is 18.1. The summed E-state index contributed by atoms with van der Waals surface area (Å²) in [6, 6.07) is 4.05. The van der Waals surface area contributed by atoms with Crippen LogP contribution in [0.15, 0.2) is 11.4 Å². The fourth-order valence-electron chi connectivity index (χ4n) is 2.35. The first-order valence-electron chi connectivity index (χ1n) is 6.81. The van der Waals surface area contributed by atoms with Gasteiger partial charge < -0.3 is 9.84 Å². The van der Waals surface area contributed by atoms with E-state index in [1.807, 2.05) is 18.5 Å². The molecule has 1 atom stereocenters. The number of hydrogen-bond donors (Lipinski definition) is 1. The summed E-state index contributed by atoms with van der Waals surface area (Å²) in [4.78, 5) is 5.49. The molecule has 0 aromatic carbocycles. The molecule has 0 bridgehead atoms. The summed E-state index contributed by atoms with van der Waals surface area (Å²) in [6.07, 6.45) is -0.353. The Morgan fingerprint density at radius 1 is 1.55 bits per heavy atom. The van der Waals surface area contributed by atoms with Crippen LogP contribution in [0.2, 0.25) is 0 Å². The van der Waals surface area contributed by atoms with Crippen molar-refractivity contribution < 1.29 is 9.84 Å². The standard InChI is InChI=1S/C14H21N3O2S/c1-16(10-14-6-12(7-15)11-20-14)8-13(18)9-17-2-4-19-5-3-17/h6,11,13,18H,2-5,8-10H2,1H3. The molecule has 0 saturated carbocycles. The van der Waals surface area contributed by atoms with Gasteiger partial charge in [-0.2, -0.15) is 5.26 Å². The smallest absolute Gasteiger partial charge is 0.100 e. The van der Waals surface area contributed by atoms with Gasteiger partial charge in [-0.1, -0.05) is 0 Å². The highest BCUT2D eigenvalue weighted by atomic mass is 32.1. The van der Waals surface area contributed by atoms with E-state index < -0.39 is 0 Å². The van der Waals surface area contributed by atoms with E-state index in [1.165, 1.54) is 0 Å². The van der Waals surface area contributed by atoms with Crippen molar-refractivity contribution >= 4 is 11.3 Å². The number of aliphatic hydroxyl groups is 1. The maximum Gasteiger partial charge on any atom is 0.100 e. The minimum Gasteiger partial charge on any atom is -0.390 e. The lowest BCUT2D eigenvalue weighted by Gasteiger charge is -2.30. The number of thiophene rings is 1. The lowest BCUT2D eigenvalue weighted by Crippen LogP contribution is -2.43. The molecule has 110 valence electrons. The number of nitrogens with zero attached hydrogens (tertiary/aromatic N) is 3. The molecular weight excluding hydrogens is 274 g/mol. The molecule has 2 rings (SSSR count). The van der Waals surface area contributed by atoms with E-state index in [9.17, 15) is 5.11 Å². The van der Waals surface area contributed by atoms with Crippen LogP contribution in [0.5, 0.6) is 0 Å². The third-order valence-corrected chi connectivity index (χ3v) is 4.23. The molecule has 1 aromatic rings. The predicted octanol–water partition coefficient (Wildman–Crippen LogP) is 0.745. The average molecular weight is 295 g/mol. The minimum atomic E-state index is -0.353. The lowest BCUT2D eigenvalue weighted by molar-refractivity contribution is 0.00830. The van der Waals surface area contributed by atoms with Crippen molar-refractivity contribution in [2.24, 2.45) is 0 Å². The summed E-state index contributed by atoms with van der Waals surface area (Å²) < 4.78 is 5.30. The van der Waals surface area contributed by atoms with Crippen LogP contribution in [0, 0.1) is 11.3 Å². The van der Waals surface area contributed by atoms with E-state index in [-0.39, 0.29) is 6.10 Å². The number of hydrogen-bond acceptors (Lipinski definition) is 6. The third-order valence-electron chi connectivity index (χ3n) is 3.30. The van der Waals surface area contributed by atoms with Crippen molar-refractivity contribution in [2.75, 3.05) is 46.4 Å². The Balaban J connectivity index is 1.72. The van der Waals surface area contributed by atoms with Crippen molar-refractivity contribution in [2.45, 2.75) is 12.6 Å². The summed E-state index contributed by atoms with van der Waals surface area (Å²) in [5, 5.41) is 20.8. The van der Waals surface area contributed by atoms with E-state index in [0.717, 1.165) is 37.7 Å². The second-order valence-corrected chi connectivity index (χ2v) is 6.17. The molecule has 2 heterocycles. The molecule has 1 saturated heterocycles. The zero-order chi connectivity index (χ0) is 14.4. The van der Waals surface area contributed by atoms with Crippen LogP contribution in [0.3, 0.4) is 0 Å². The number of likely N-dealkylation sites (N-methyl/N-ethyl adjacent to an activating group) is 1. The highest BCUT2D eigenvalue weighted by Gasteiger charge is 2.16. The van der Waals surface area contributed by atoms with E-state index in [0.29, 0.717) is 18.7 Å². The molecule has 20 heavy (non-hydrogen) atoms. The van der Waals surface area contributed by atoms with Gasteiger partial charge in [-0.25, -0.2) is 0 Å². The molecule has 1 unspecified atom stereocenters. The van der Waals surface area contributed by atoms with Gasteiger partial charge in [0.05, 0.1) is 24.9 Å². The first-order chi connectivity index (χ1) is 9.67. The predicted molar refractivity (Wildman–Crippen MR) is 78.6 cm³/mol. The Labute approximate surface area is 124 Å². The van der Waals surface area contributed by atoms with Gasteiger partial charge in [0.1, 0.15) is 6.07 Å². The SMILES string of the molecule is CN(Cc1cc(C#N)cs1)CC(O)CN1CCOCC1. The maximum atomic E-state index is 10.1. The molecule has 0 aliphatic carbocycles. The van der Waals surface area contributed by atoms with Crippen LogP contribution in [-0.2, 0) is 11.3 Å². The molecule has 0 spiro atoms. The van der Waals surface area contributed by atoms with Crippen LogP contribution in [0.4, 0.5) is 0 Å². The summed E-state index contributed by atoms with van der Waals surface area (Å²) in [7, 11) is 1.99. The quantitative estimate of drug-likeness (QED) is 0.839. The monoisotopic (exact) mass is 295 g/mol. The number of ether oxygens (including phenoxy) is 1. The van der Waals surface area contributed by atoms with Gasteiger partial charge >= 0.3 is 0 Å². The molecule has 0 radical (unpaired) electrons. The maximum absolute atomic E-state index is 10.1. The van der Waals surface area contributed by atoms with Crippen molar-refractivity contribution in [3.05, 3.63) is 21.9 Å². The van der Waals surface area contributed by atoms with Gasteiger partial charge in [0.2, 0.25) is 0 Å². The van der Waals surface area contributed by atoms with Gasteiger partial charge in [-0.15, -0.1) is 11.3 Å². The van der Waals surface area contributed by atoms with Crippen LogP contribution in [0.25, 0.3) is 0 Å². The summed E-state index contributed by atoms with van der Waals surface area (Å²) in [5.41, 5.74) is 0.715. The Hall–Kier alpha value is -0.970. The third kappa shape index (κ3) is 4.85. The molecule has 1 fully saturated rings. The average Bonchev–Trinajstić information content (AvgIpc) is 2.87. The van der Waals surface area contributed by atoms with Crippen LogP contribution < -0.4 is 0 Å². The van der Waals surface area contributed by atoms with E-state index >= 15 is 0 Å². The molecular formula is C14H21N3O2S. The van der Waals surface area contributed by atoms with E-state index in [4.69, 9.17) is 10.00 Å². The van der Waals surface area contributed by atoms with Crippen molar-refractivity contribution in [1.29, 1.82) is 5.26 Å². The Morgan fingerprint density at radius 2 is 2.30 bits per heavy atom. The van der Waals surface area contributed by atoms with Crippen LogP contribution in [0.1, 0.15) is 10.4 Å². The topological polar surface area (TPSA) is 59.7 Å². The highest BCUT2D eigenvalue weighted by molar-refractivity contribution is 7.10. The minimum absolute atomic E-state index is 0.353. The van der Waals surface area contributed by atoms with Crippen molar-refractivity contribution in [3.8, 4) is 6.07 Å². The van der Waals surface area contributed by atoms with Crippen LogP contribution >= 0.6 is 11.3 Å². The number of nitriles is 1. The zero-order valence-corrected chi connectivity index (χ0v) is 12.6.